The molecule has 0 aromatic carbocycles. The van der Waals surface area contributed by atoms with Crippen LogP contribution in [0.2, 0.25) is 0 Å². The molecular formula is C12H24N2O. The van der Waals surface area contributed by atoms with Crippen molar-refractivity contribution in [3.8, 4) is 0 Å². The minimum atomic E-state index is 0.0428. The largest absolute Gasteiger partial charge is 0.353 e. The maximum Gasteiger partial charge on any atom is 0.223 e. The lowest BCUT2D eigenvalue weighted by molar-refractivity contribution is -0.129. The van der Waals surface area contributed by atoms with Crippen LogP contribution >= 0.6 is 0 Å². The van der Waals surface area contributed by atoms with Crippen LogP contribution in [0.4, 0.5) is 0 Å². The molecule has 88 valence electrons. The molecule has 1 amide bonds. The monoisotopic (exact) mass is 212 g/mol. The van der Waals surface area contributed by atoms with E-state index in [1.165, 1.54) is 0 Å². The predicted molar refractivity (Wildman–Crippen MR) is 62.3 cm³/mol. The van der Waals surface area contributed by atoms with Gasteiger partial charge < -0.3 is 11.1 Å². The zero-order valence-electron chi connectivity index (χ0n) is 10.3. The van der Waals surface area contributed by atoms with E-state index in [-0.39, 0.29) is 17.2 Å². The Bertz CT molecular complexity index is 226. The van der Waals surface area contributed by atoms with E-state index in [0.717, 1.165) is 19.4 Å². The summed E-state index contributed by atoms with van der Waals surface area (Å²) in [5, 5.41) is 3.09. The average molecular weight is 212 g/mol. The van der Waals surface area contributed by atoms with E-state index in [1.54, 1.807) is 0 Å². The first-order valence-corrected chi connectivity index (χ1v) is 5.85. The number of hydrogen-bond acceptors (Lipinski definition) is 2. The highest BCUT2D eigenvalue weighted by Crippen LogP contribution is 2.29. The molecule has 1 saturated carbocycles. The van der Waals surface area contributed by atoms with Crippen molar-refractivity contribution < 1.29 is 4.79 Å². The molecule has 0 aromatic rings. The van der Waals surface area contributed by atoms with Crippen LogP contribution in [0.15, 0.2) is 0 Å². The molecule has 0 saturated heterocycles. The average Bonchev–Trinajstić information content (AvgIpc) is 2.07. The van der Waals surface area contributed by atoms with E-state index in [4.69, 9.17) is 5.73 Å². The van der Waals surface area contributed by atoms with Crippen LogP contribution in [0.1, 0.15) is 40.5 Å². The number of carbonyl (C=O) groups is 1. The second-order valence-electron chi connectivity index (χ2n) is 5.87. The fraction of sp³-hybridized carbons (Fsp3) is 0.917. The van der Waals surface area contributed by atoms with Crippen LogP contribution in [-0.4, -0.2) is 18.5 Å². The van der Waals surface area contributed by atoms with Crippen molar-refractivity contribution >= 4 is 5.91 Å². The summed E-state index contributed by atoms with van der Waals surface area (Å²) in [6.45, 7) is 9.04. The third-order valence-electron chi connectivity index (χ3n) is 3.61. The molecule has 0 aliphatic heterocycles. The molecule has 1 unspecified atom stereocenters. The Balaban J connectivity index is 2.31. The Morgan fingerprint density at radius 1 is 1.47 bits per heavy atom. The van der Waals surface area contributed by atoms with Gasteiger partial charge >= 0.3 is 0 Å². The zero-order valence-corrected chi connectivity index (χ0v) is 10.3. The molecule has 0 radical (unpaired) electrons. The van der Waals surface area contributed by atoms with Crippen molar-refractivity contribution in [1.29, 1.82) is 0 Å². The van der Waals surface area contributed by atoms with Gasteiger partial charge in [0, 0.05) is 12.0 Å². The molecule has 3 heteroatoms. The molecular weight excluding hydrogens is 188 g/mol. The van der Waals surface area contributed by atoms with Crippen molar-refractivity contribution in [3.05, 3.63) is 0 Å². The van der Waals surface area contributed by atoms with Crippen molar-refractivity contribution in [2.75, 3.05) is 6.54 Å². The minimum Gasteiger partial charge on any atom is -0.353 e. The van der Waals surface area contributed by atoms with Gasteiger partial charge in [-0.25, -0.2) is 0 Å². The lowest BCUT2D eigenvalue weighted by atomic mass is 9.78. The number of hydrogen-bond donors (Lipinski definition) is 2. The summed E-state index contributed by atoms with van der Waals surface area (Å²) in [6, 6.07) is 0.371. The summed E-state index contributed by atoms with van der Waals surface area (Å²) in [6.07, 6.45) is 2.11. The SMILES string of the molecule is CC(C(=O)NC1CC(CN)C1)C(C)(C)C. The molecule has 1 aliphatic carbocycles. The van der Waals surface area contributed by atoms with E-state index < -0.39 is 0 Å². The van der Waals surface area contributed by atoms with Crippen molar-refractivity contribution in [2.45, 2.75) is 46.6 Å². The highest BCUT2D eigenvalue weighted by Gasteiger charge is 2.33. The van der Waals surface area contributed by atoms with E-state index in [0.29, 0.717) is 12.0 Å². The van der Waals surface area contributed by atoms with Crippen LogP contribution in [0.3, 0.4) is 0 Å². The molecule has 1 aliphatic rings. The van der Waals surface area contributed by atoms with Crippen LogP contribution in [0, 0.1) is 17.3 Å². The number of carbonyl (C=O) groups excluding carboxylic acids is 1. The first kappa shape index (κ1) is 12.5. The normalized spacial score (nSPS) is 28.1. The van der Waals surface area contributed by atoms with E-state index >= 15 is 0 Å². The molecule has 0 aromatic heterocycles. The second kappa shape index (κ2) is 4.52. The van der Waals surface area contributed by atoms with Gasteiger partial charge in [-0.05, 0) is 30.7 Å². The summed E-state index contributed by atoms with van der Waals surface area (Å²) in [5.41, 5.74) is 5.59. The fourth-order valence-electron chi connectivity index (χ4n) is 1.77. The number of rotatable bonds is 3. The lowest BCUT2D eigenvalue weighted by Crippen LogP contribution is -2.49. The smallest absolute Gasteiger partial charge is 0.223 e. The molecule has 0 spiro atoms. The molecule has 0 heterocycles. The molecule has 15 heavy (non-hydrogen) atoms. The zero-order chi connectivity index (χ0) is 11.6. The van der Waals surface area contributed by atoms with Crippen LogP contribution in [0.5, 0.6) is 0 Å². The number of nitrogens with two attached hydrogens (primary N) is 1. The van der Waals surface area contributed by atoms with Crippen molar-refractivity contribution in [3.63, 3.8) is 0 Å². The quantitative estimate of drug-likeness (QED) is 0.745. The Labute approximate surface area is 92.8 Å². The van der Waals surface area contributed by atoms with Crippen molar-refractivity contribution in [1.82, 2.24) is 5.32 Å². The van der Waals surface area contributed by atoms with Crippen LogP contribution < -0.4 is 11.1 Å². The Morgan fingerprint density at radius 2 is 2.00 bits per heavy atom. The Kier molecular flexibility index (Phi) is 3.77. The van der Waals surface area contributed by atoms with E-state index in [2.05, 4.69) is 26.1 Å². The molecule has 0 bridgehead atoms. The first-order valence-electron chi connectivity index (χ1n) is 5.85. The fourth-order valence-corrected chi connectivity index (χ4v) is 1.77. The highest BCUT2D eigenvalue weighted by molar-refractivity contribution is 5.79. The van der Waals surface area contributed by atoms with E-state index in [9.17, 15) is 4.79 Å². The molecule has 1 fully saturated rings. The maximum atomic E-state index is 11.8. The predicted octanol–water partition coefficient (Wildman–Crippen LogP) is 1.52. The van der Waals surface area contributed by atoms with Crippen LogP contribution in [-0.2, 0) is 4.79 Å². The Hall–Kier alpha value is -0.570. The van der Waals surface area contributed by atoms with Gasteiger partial charge in [-0.1, -0.05) is 27.7 Å². The van der Waals surface area contributed by atoms with Gasteiger partial charge in [-0.15, -0.1) is 0 Å². The molecule has 3 N–H and O–H groups in total. The van der Waals surface area contributed by atoms with Gasteiger partial charge in [0.2, 0.25) is 5.91 Å². The summed E-state index contributed by atoms with van der Waals surface area (Å²) < 4.78 is 0. The first-order chi connectivity index (χ1) is 6.84. The summed E-state index contributed by atoms with van der Waals surface area (Å²) >= 11 is 0. The van der Waals surface area contributed by atoms with Gasteiger partial charge in [-0.3, -0.25) is 4.79 Å². The van der Waals surface area contributed by atoms with Crippen molar-refractivity contribution in [2.24, 2.45) is 23.0 Å². The Morgan fingerprint density at radius 3 is 2.40 bits per heavy atom. The lowest BCUT2D eigenvalue weighted by Gasteiger charge is -2.37. The number of amides is 1. The molecule has 1 atom stereocenters. The highest BCUT2D eigenvalue weighted by atomic mass is 16.2. The van der Waals surface area contributed by atoms with Gasteiger partial charge in [0.05, 0.1) is 0 Å². The van der Waals surface area contributed by atoms with Gasteiger partial charge in [-0.2, -0.15) is 0 Å². The van der Waals surface area contributed by atoms with Crippen LogP contribution in [0.25, 0.3) is 0 Å². The van der Waals surface area contributed by atoms with Gasteiger partial charge in [0.25, 0.3) is 0 Å². The second-order valence-corrected chi connectivity index (χ2v) is 5.87. The van der Waals surface area contributed by atoms with Gasteiger partial charge in [0.15, 0.2) is 0 Å². The summed E-state index contributed by atoms with van der Waals surface area (Å²) in [5.74, 6) is 0.873. The molecule has 3 nitrogen and oxygen atoms in total. The summed E-state index contributed by atoms with van der Waals surface area (Å²) in [4.78, 5) is 11.8. The number of nitrogens with one attached hydrogen (secondary N) is 1. The third kappa shape index (κ3) is 3.20. The summed E-state index contributed by atoms with van der Waals surface area (Å²) in [7, 11) is 0. The molecule has 1 rings (SSSR count). The third-order valence-corrected chi connectivity index (χ3v) is 3.61. The van der Waals surface area contributed by atoms with Gasteiger partial charge in [0.1, 0.15) is 0 Å². The standard InChI is InChI=1S/C12H24N2O/c1-8(12(2,3)4)11(15)14-10-5-9(6-10)7-13/h8-10H,5-7,13H2,1-4H3,(H,14,15). The minimum absolute atomic E-state index is 0.0428. The van der Waals surface area contributed by atoms with E-state index in [1.807, 2.05) is 6.92 Å². The topological polar surface area (TPSA) is 55.1 Å². The maximum absolute atomic E-state index is 11.8.